The van der Waals surface area contributed by atoms with Gasteiger partial charge in [0.1, 0.15) is 0 Å². The number of benzene rings is 2. The topological polar surface area (TPSA) is 23.5 Å². The number of nitrogens with zero attached hydrogens (tertiary/aromatic N) is 1. The van der Waals surface area contributed by atoms with Gasteiger partial charge in [-0.25, -0.2) is 0 Å². The van der Waals surface area contributed by atoms with E-state index in [1.165, 1.54) is 11.3 Å². The first-order chi connectivity index (χ1) is 9.72. The summed E-state index contributed by atoms with van der Waals surface area (Å²) in [6.45, 7) is 6.09. The Hall–Kier alpha value is -1.80. The Bertz CT molecular complexity index is 524. The van der Waals surface area contributed by atoms with E-state index < -0.39 is 6.10 Å². The molecule has 0 saturated heterocycles. The number of hydrogen-bond acceptors (Lipinski definition) is 2. The van der Waals surface area contributed by atoms with E-state index in [2.05, 4.69) is 43.0 Å². The third-order valence-electron chi connectivity index (χ3n) is 3.69. The number of para-hydroxylation sites is 1. The Morgan fingerprint density at radius 3 is 2.30 bits per heavy atom. The third kappa shape index (κ3) is 3.61. The summed E-state index contributed by atoms with van der Waals surface area (Å²) in [5.41, 5.74) is 3.53. The molecule has 0 aliphatic rings. The lowest BCUT2D eigenvalue weighted by Crippen LogP contribution is -2.26. The van der Waals surface area contributed by atoms with Crippen LogP contribution in [0.2, 0.25) is 0 Å². The Kier molecular flexibility index (Phi) is 5.19. The van der Waals surface area contributed by atoms with Gasteiger partial charge in [0, 0.05) is 18.8 Å². The summed E-state index contributed by atoms with van der Waals surface area (Å²) in [6, 6.07) is 18.3. The Balaban J connectivity index is 2.00. The van der Waals surface area contributed by atoms with Crippen LogP contribution < -0.4 is 4.90 Å². The molecule has 2 nitrogen and oxygen atoms in total. The second kappa shape index (κ2) is 7.11. The van der Waals surface area contributed by atoms with Gasteiger partial charge in [-0.05, 0) is 37.5 Å². The smallest absolute Gasteiger partial charge is 0.0806 e. The second-order valence-electron chi connectivity index (χ2n) is 5.08. The van der Waals surface area contributed by atoms with Gasteiger partial charge in [0.25, 0.3) is 0 Å². The molecule has 0 heterocycles. The minimum atomic E-state index is -0.394. The van der Waals surface area contributed by atoms with Crippen molar-refractivity contribution in [3.8, 4) is 0 Å². The summed E-state index contributed by atoms with van der Waals surface area (Å²) in [5.74, 6) is 0. The van der Waals surface area contributed by atoms with Crippen LogP contribution in [0.25, 0.3) is 0 Å². The van der Waals surface area contributed by atoms with Gasteiger partial charge >= 0.3 is 0 Å². The van der Waals surface area contributed by atoms with Crippen LogP contribution in [0, 0.1) is 6.92 Å². The lowest BCUT2D eigenvalue weighted by molar-refractivity contribution is 0.169. The number of aliphatic hydroxyl groups excluding tert-OH is 1. The molecule has 2 heteroatoms. The molecule has 0 spiro atoms. The Labute approximate surface area is 121 Å². The quantitative estimate of drug-likeness (QED) is 0.858. The number of rotatable bonds is 6. The highest BCUT2D eigenvalue weighted by Crippen LogP contribution is 2.22. The maximum absolute atomic E-state index is 10.3. The summed E-state index contributed by atoms with van der Waals surface area (Å²) in [7, 11) is 0. The van der Waals surface area contributed by atoms with Crippen molar-refractivity contribution in [2.45, 2.75) is 26.4 Å². The summed E-state index contributed by atoms with van der Waals surface area (Å²) < 4.78 is 0. The van der Waals surface area contributed by atoms with Crippen molar-refractivity contribution in [1.29, 1.82) is 0 Å². The van der Waals surface area contributed by atoms with Gasteiger partial charge in [-0.1, -0.05) is 48.5 Å². The first-order valence-electron chi connectivity index (χ1n) is 7.26. The van der Waals surface area contributed by atoms with Crippen molar-refractivity contribution in [3.05, 3.63) is 65.7 Å². The second-order valence-corrected chi connectivity index (χ2v) is 5.08. The van der Waals surface area contributed by atoms with Gasteiger partial charge in [-0.2, -0.15) is 0 Å². The molecule has 1 atom stereocenters. The van der Waals surface area contributed by atoms with Crippen molar-refractivity contribution < 1.29 is 5.11 Å². The molecule has 0 aromatic heterocycles. The highest BCUT2D eigenvalue weighted by Gasteiger charge is 2.11. The molecule has 0 bridgehead atoms. The molecule has 0 fully saturated rings. The van der Waals surface area contributed by atoms with Crippen LogP contribution in [0.5, 0.6) is 0 Å². The van der Waals surface area contributed by atoms with Crippen LogP contribution in [0.4, 0.5) is 5.69 Å². The maximum atomic E-state index is 10.3. The maximum Gasteiger partial charge on any atom is 0.0806 e. The van der Waals surface area contributed by atoms with Crippen molar-refractivity contribution in [1.82, 2.24) is 0 Å². The van der Waals surface area contributed by atoms with Crippen LogP contribution in [0.3, 0.4) is 0 Å². The number of aryl methyl sites for hydroxylation is 1. The number of hydrogen-bond donors (Lipinski definition) is 1. The summed E-state index contributed by atoms with van der Waals surface area (Å²) in [6.07, 6.45) is 0.348. The molecule has 1 N–H and O–H groups in total. The van der Waals surface area contributed by atoms with E-state index in [0.717, 1.165) is 25.1 Å². The van der Waals surface area contributed by atoms with Gasteiger partial charge in [0.05, 0.1) is 6.10 Å². The Morgan fingerprint density at radius 1 is 1.00 bits per heavy atom. The van der Waals surface area contributed by atoms with Crippen LogP contribution in [0.15, 0.2) is 54.6 Å². The minimum absolute atomic E-state index is 0.394. The summed E-state index contributed by atoms with van der Waals surface area (Å²) in [4.78, 5) is 2.32. The zero-order valence-corrected chi connectivity index (χ0v) is 12.3. The lowest BCUT2D eigenvalue weighted by atomic mass is 10.1. The molecule has 2 aromatic rings. The minimum Gasteiger partial charge on any atom is -0.388 e. The largest absolute Gasteiger partial charge is 0.388 e. The van der Waals surface area contributed by atoms with E-state index in [1.807, 2.05) is 30.3 Å². The average molecular weight is 269 g/mol. The zero-order chi connectivity index (χ0) is 14.4. The first-order valence-corrected chi connectivity index (χ1v) is 7.26. The van der Waals surface area contributed by atoms with Gasteiger partial charge in [0.15, 0.2) is 0 Å². The molecule has 0 aliphatic carbocycles. The van der Waals surface area contributed by atoms with Crippen molar-refractivity contribution in [2.75, 3.05) is 18.0 Å². The van der Waals surface area contributed by atoms with Gasteiger partial charge in [-0.3, -0.25) is 0 Å². The summed E-state index contributed by atoms with van der Waals surface area (Å²) >= 11 is 0. The van der Waals surface area contributed by atoms with Crippen LogP contribution in [-0.2, 0) is 0 Å². The summed E-state index contributed by atoms with van der Waals surface area (Å²) in [5, 5.41) is 10.3. The molecule has 0 radical (unpaired) electrons. The van der Waals surface area contributed by atoms with E-state index in [-0.39, 0.29) is 0 Å². The molecule has 0 amide bonds. The van der Waals surface area contributed by atoms with Gasteiger partial charge in [0.2, 0.25) is 0 Å². The fourth-order valence-electron chi connectivity index (χ4n) is 2.49. The van der Waals surface area contributed by atoms with Crippen LogP contribution in [0.1, 0.15) is 30.6 Å². The van der Waals surface area contributed by atoms with E-state index in [0.29, 0.717) is 0 Å². The van der Waals surface area contributed by atoms with E-state index in [1.54, 1.807) is 0 Å². The van der Waals surface area contributed by atoms with Crippen molar-refractivity contribution in [3.63, 3.8) is 0 Å². The molecule has 0 aliphatic heterocycles. The predicted octanol–water partition coefficient (Wildman–Crippen LogP) is 3.95. The standard InChI is InChI=1S/C18H23NO/c1-3-19(17-12-8-7-9-15(17)2)14-13-18(20)16-10-5-4-6-11-16/h4-12,18,20H,3,13-14H2,1-2H3. The van der Waals surface area contributed by atoms with E-state index in [9.17, 15) is 5.11 Å². The Morgan fingerprint density at radius 2 is 1.65 bits per heavy atom. The highest BCUT2D eigenvalue weighted by molar-refractivity contribution is 5.52. The molecular weight excluding hydrogens is 246 g/mol. The normalized spacial score (nSPS) is 12.2. The molecular formula is C18H23NO. The monoisotopic (exact) mass is 269 g/mol. The molecule has 2 aromatic carbocycles. The van der Waals surface area contributed by atoms with Gasteiger partial charge < -0.3 is 10.0 Å². The first kappa shape index (κ1) is 14.6. The van der Waals surface area contributed by atoms with E-state index >= 15 is 0 Å². The fraction of sp³-hybridized carbons (Fsp3) is 0.333. The van der Waals surface area contributed by atoms with E-state index in [4.69, 9.17) is 0 Å². The van der Waals surface area contributed by atoms with Crippen molar-refractivity contribution >= 4 is 5.69 Å². The molecule has 2 rings (SSSR count). The number of aliphatic hydroxyl groups is 1. The molecule has 106 valence electrons. The fourth-order valence-corrected chi connectivity index (χ4v) is 2.49. The van der Waals surface area contributed by atoms with Gasteiger partial charge in [-0.15, -0.1) is 0 Å². The van der Waals surface area contributed by atoms with Crippen LogP contribution in [-0.4, -0.2) is 18.2 Å². The number of anilines is 1. The molecule has 1 unspecified atom stereocenters. The molecule has 20 heavy (non-hydrogen) atoms. The van der Waals surface area contributed by atoms with Crippen molar-refractivity contribution in [2.24, 2.45) is 0 Å². The molecule has 0 saturated carbocycles. The SMILES string of the molecule is CCN(CCC(O)c1ccccc1)c1ccccc1C. The average Bonchev–Trinajstić information content (AvgIpc) is 2.50. The predicted molar refractivity (Wildman–Crippen MR) is 85.1 cm³/mol. The third-order valence-corrected chi connectivity index (χ3v) is 3.69. The lowest BCUT2D eigenvalue weighted by Gasteiger charge is -2.26. The van der Waals surface area contributed by atoms with Crippen LogP contribution >= 0.6 is 0 Å². The highest BCUT2D eigenvalue weighted by atomic mass is 16.3. The zero-order valence-electron chi connectivity index (χ0n) is 12.3.